The van der Waals surface area contributed by atoms with Gasteiger partial charge in [-0.05, 0) is 0 Å². The molecule has 0 heterocycles. The fraction of sp³-hybridized carbons (Fsp3) is 0.273. The summed E-state index contributed by atoms with van der Waals surface area (Å²) in [5.74, 6) is 0.707. The summed E-state index contributed by atoms with van der Waals surface area (Å²) in [4.78, 5) is 0. The van der Waals surface area contributed by atoms with Gasteiger partial charge in [-0.1, -0.05) is 50.8 Å². The standard InChI is InChI=1S/C9H10OS.C2H6/c1-8(10-11-2)9-6-4-3-5-7-9;1-2/h3-7H,1H2,2H3;1-2H3. The van der Waals surface area contributed by atoms with Gasteiger partial charge in [0.1, 0.15) is 5.76 Å². The van der Waals surface area contributed by atoms with E-state index in [0.717, 1.165) is 5.56 Å². The van der Waals surface area contributed by atoms with E-state index in [1.807, 2.05) is 50.4 Å². The molecule has 0 unspecified atom stereocenters. The second-order valence-corrected chi connectivity index (χ2v) is 2.54. The quantitative estimate of drug-likeness (QED) is 0.534. The third-order valence-corrected chi connectivity index (χ3v) is 1.65. The summed E-state index contributed by atoms with van der Waals surface area (Å²) in [7, 11) is 0. The Morgan fingerprint density at radius 1 is 1.23 bits per heavy atom. The first kappa shape index (κ1) is 12.1. The van der Waals surface area contributed by atoms with Gasteiger partial charge in [-0.15, -0.1) is 0 Å². The van der Waals surface area contributed by atoms with Crippen LogP contribution in [0.15, 0.2) is 36.9 Å². The van der Waals surface area contributed by atoms with E-state index in [-0.39, 0.29) is 0 Å². The molecule has 1 aromatic carbocycles. The van der Waals surface area contributed by atoms with Crippen molar-refractivity contribution in [3.8, 4) is 0 Å². The van der Waals surface area contributed by atoms with Crippen LogP contribution in [0.25, 0.3) is 5.76 Å². The Bertz CT molecular complexity index is 231. The predicted octanol–water partition coefficient (Wildman–Crippen LogP) is 3.98. The van der Waals surface area contributed by atoms with E-state index >= 15 is 0 Å². The maximum absolute atomic E-state index is 5.15. The maximum Gasteiger partial charge on any atom is 0.137 e. The van der Waals surface area contributed by atoms with Crippen molar-refractivity contribution in [1.82, 2.24) is 0 Å². The Balaban J connectivity index is 0.000000671. The summed E-state index contributed by atoms with van der Waals surface area (Å²) in [5, 5.41) is 0. The Labute approximate surface area is 85.0 Å². The van der Waals surface area contributed by atoms with Gasteiger partial charge in [-0.2, -0.15) is 0 Å². The molecule has 0 amide bonds. The summed E-state index contributed by atoms with van der Waals surface area (Å²) in [6.07, 6.45) is 1.87. The molecular formula is C11H16OS. The van der Waals surface area contributed by atoms with Crippen LogP contribution in [-0.2, 0) is 4.18 Å². The van der Waals surface area contributed by atoms with Gasteiger partial charge in [0.25, 0.3) is 0 Å². The highest BCUT2D eigenvalue weighted by Crippen LogP contribution is 2.16. The van der Waals surface area contributed by atoms with Gasteiger partial charge in [0, 0.05) is 11.8 Å². The van der Waals surface area contributed by atoms with Crippen molar-refractivity contribution >= 4 is 17.8 Å². The highest BCUT2D eigenvalue weighted by atomic mass is 32.2. The summed E-state index contributed by atoms with van der Waals surface area (Å²) < 4.78 is 5.15. The van der Waals surface area contributed by atoms with Crippen LogP contribution < -0.4 is 0 Å². The minimum absolute atomic E-state index is 0.707. The van der Waals surface area contributed by atoms with E-state index in [0.29, 0.717) is 5.76 Å². The van der Waals surface area contributed by atoms with Crippen LogP contribution in [0.2, 0.25) is 0 Å². The normalized spacial score (nSPS) is 8.23. The lowest BCUT2D eigenvalue weighted by Crippen LogP contribution is -1.81. The molecule has 0 aromatic heterocycles. The number of hydrogen-bond donors (Lipinski definition) is 0. The molecule has 0 atom stereocenters. The molecule has 1 aromatic rings. The number of rotatable bonds is 3. The van der Waals surface area contributed by atoms with E-state index in [1.165, 1.54) is 12.0 Å². The maximum atomic E-state index is 5.15. The van der Waals surface area contributed by atoms with Crippen LogP contribution in [0.4, 0.5) is 0 Å². The molecule has 0 N–H and O–H groups in total. The second-order valence-electron chi connectivity index (χ2n) is 2.04. The van der Waals surface area contributed by atoms with Crippen LogP contribution in [0.3, 0.4) is 0 Å². The zero-order chi connectivity index (χ0) is 10.1. The van der Waals surface area contributed by atoms with Crippen molar-refractivity contribution < 1.29 is 4.18 Å². The first-order valence-corrected chi connectivity index (χ1v) is 5.44. The van der Waals surface area contributed by atoms with Crippen LogP contribution in [0.1, 0.15) is 19.4 Å². The Kier molecular flexibility index (Phi) is 7.21. The van der Waals surface area contributed by atoms with Crippen LogP contribution >= 0.6 is 12.0 Å². The van der Waals surface area contributed by atoms with Crippen LogP contribution in [0, 0.1) is 0 Å². The van der Waals surface area contributed by atoms with Crippen molar-refractivity contribution in [2.45, 2.75) is 13.8 Å². The molecule has 72 valence electrons. The fourth-order valence-electron chi connectivity index (χ4n) is 0.773. The summed E-state index contributed by atoms with van der Waals surface area (Å²) in [6, 6.07) is 9.83. The minimum Gasteiger partial charge on any atom is -0.426 e. The van der Waals surface area contributed by atoms with E-state index in [2.05, 4.69) is 6.58 Å². The van der Waals surface area contributed by atoms with Gasteiger partial charge in [0.2, 0.25) is 0 Å². The molecule has 0 aliphatic carbocycles. The van der Waals surface area contributed by atoms with E-state index < -0.39 is 0 Å². The molecule has 0 aliphatic heterocycles. The zero-order valence-corrected chi connectivity index (χ0v) is 9.23. The van der Waals surface area contributed by atoms with Crippen molar-refractivity contribution in [1.29, 1.82) is 0 Å². The third kappa shape index (κ3) is 4.63. The first-order valence-electron chi connectivity index (χ1n) is 4.29. The van der Waals surface area contributed by atoms with Crippen LogP contribution in [0.5, 0.6) is 0 Å². The fourth-order valence-corrected chi connectivity index (χ4v) is 1.07. The second kappa shape index (κ2) is 7.74. The zero-order valence-electron chi connectivity index (χ0n) is 8.41. The topological polar surface area (TPSA) is 9.23 Å². The lowest BCUT2D eigenvalue weighted by molar-refractivity contribution is 0.609. The molecule has 0 saturated heterocycles. The first-order chi connectivity index (χ1) is 6.34. The molecule has 1 rings (SSSR count). The van der Waals surface area contributed by atoms with Gasteiger partial charge in [-0.3, -0.25) is 0 Å². The molecular weight excluding hydrogens is 180 g/mol. The van der Waals surface area contributed by atoms with E-state index in [4.69, 9.17) is 4.18 Å². The van der Waals surface area contributed by atoms with Gasteiger partial charge in [-0.25, -0.2) is 0 Å². The molecule has 2 heteroatoms. The minimum atomic E-state index is 0.707. The predicted molar refractivity (Wildman–Crippen MR) is 61.4 cm³/mol. The molecule has 0 spiro atoms. The summed E-state index contributed by atoms with van der Waals surface area (Å²) in [5.41, 5.74) is 1.03. The van der Waals surface area contributed by atoms with Crippen molar-refractivity contribution in [2.75, 3.05) is 6.26 Å². The van der Waals surface area contributed by atoms with Gasteiger partial charge in [0.05, 0.1) is 12.0 Å². The number of benzene rings is 1. The van der Waals surface area contributed by atoms with E-state index in [9.17, 15) is 0 Å². The van der Waals surface area contributed by atoms with Crippen molar-refractivity contribution in [2.24, 2.45) is 0 Å². The molecule has 1 nitrogen and oxygen atoms in total. The molecule has 0 saturated carbocycles. The lowest BCUT2D eigenvalue weighted by atomic mass is 10.2. The largest absolute Gasteiger partial charge is 0.426 e. The number of hydrogen-bond acceptors (Lipinski definition) is 2. The molecule has 0 radical (unpaired) electrons. The molecule has 0 aliphatic rings. The average Bonchev–Trinajstić information content (AvgIpc) is 2.23. The Hall–Kier alpha value is -0.890. The van der Waals surface area contributed by atoms with Gasteiger partial charge >= 0.3 is 0 Å². The lowest BCUT2D eigenvalue weighted by Gasteiger charge is -2.03. The summed E-state index contributed by atoms with van der Waals surface area (Å²) in [6.45, 7) is 7.77. The van der Waals surface area contributed by atoms with E-state index in [1.54, 1.807) is 0 Å². The molecule has 13 heavy (non-hydrogen) atoms. The smallest absolute Gasteiger partial charge is 0.137 e. The highest BCUT2D eigenvalue weighted by molar-refractivity contribution is 7.94. The summed E-state index contributed by atoms with van der Waals surface area (Å²) >= 11 is 1.31. The molecule has 0 fully saturated rings. The Morgan fingerprint density at radius 2 is 1.77 bits per heavy atom. The monoisotopic (exact) mass is 196 g/mol. The van der Waals surface area contributed by atoms with Crippen molar-refractivity contribution in [3.63, 3.8) is 0 Å². The SMILES string of the molecule is C=C(OSC)c1ccccc1.CC. The average molecular weight is 196 g/mol. The van der Waals surface area contributed by atoms with Crippen molar-refractivity contribution in [3.05, 3.63) is 42.5 Å². The Morgan fingerprint density at radius 3 is 2.23 bits per heavy atom. The molecule has 0 bridgehead atoms. The van der Waals surface area contributed by atoms with Crippen LogP contribution in [-0.4, -0.2) is 6.26 Å². The third-order valence-electron chi connectivity index (χ3n) is 1.28. The van der Waals surface area contributed by atoms with Gasteiger partial charge < -0.3 is 4.18 Å². The highest BCUT2D eigenvalue weighted by Gasteiger charge is 1.95. The van der Waals surface area contributed by atoms with Gasteiger partial charge in [0.15, 0.2) is 0 Å².